The Morgan fingerprint density at radius 3 is 2.77 bits per heavy atom. The Labute approximate surface area is 184 Å². The molecule has 0 atom stereocenters. The summed E-state index contributed by atoms with van der Waals surface area (Å²) in [6.45, 7) is 1.88. The van der Waals surface area contributed by atoms with Crippen LogP contribution >= 0.6 is 11.6 Å². The molecule has 8 heteroatoms. The molecular weight excluding hydrogens is 418 g/mol. The quantitative estimate of drug-likeness (QED) is 0.568. The van der Waals surface area contributed by atoms with E-state index in [-0.39, 0.29) is 18.7 Å². The number of amides is 1. The third-order valence-corrected chi connectivity index (χ3v) is 5.62. The van der Waals surface area contributed by atoms with Crippen LogP contribution in [0.1, 0.15) is 40.3 Å². The molecule has 7 nitrogen and oxygen atoms in total. The van der Waals surface area contributed by atoms with Gasteiger partial charge in [-0.25, -0.2) is 4.98 Å². The topological polar surface area (TPSA) is 76.8 Å². The molecule has 5 rings (SSSR count). The lowest BCUT2D eigenvalue weighted by molar-refractivity contribution is 0.0946. The van der Waals surface area contributed by atoms with E-state index in [1.54, 1.807) is 0 Å². The van der Waals surface area contributed by atoms with E-state index in [0.29, 0.717) is 36.2 Å². The van der Waals surface area contributed by atoms with Crippen molar-refractivity contribution in [2.45, 2.75) is 38.5 Å². The van der Waals surface area contributed by atoms with Crippen LogP contribution in [-0.4, -0.2) is 28.6 Å². The van der Waals surface area contributed by atoms with Crippen molar-refractivity contribution in [1.82, 2.24) is 15.2 Å². The Morgan fingerprint density at radius 1 is 1.10 bits per heavy atom. The SMILES string of the molecule is O=C(NC1CC1)c1coc(CN(Cc2ccc3c(c2)OCO3)Cc2ccccc2Cl)n1. The number of aromatic nitrogens is 1. The number of nitrogens with one attached hydrogen (secondary N) is 1. The third kappa shape index (κ3) is 4.84. The van der Waals surface area contributed by atoms with E-state index in [9.17, 15) is 4.79 Å². The maximum Gasteiger partial charge on any atom is 0.273 e. The standard InChI is InChI=1S/C23H22ClN3O4/c24-18-4-2-1-3-16(18)11-27(10-15-5-8-20-21(9-15)31-14-30-20)12-22-26-19(13-29-22)23(28)25-17-6-7-17/h1-5,8-9,13,17H,6-7,10-12,14H2,(H,25,28). The van der Waals surface area contributed by atoms with Crippen LogP contribution in [0.3, 0.4) is 0 Å². The molecule has 1 saturated carbocycles. The summed E-state index contributed by atoms with van der Waals surface area (Å²) in [4.78, 5) is 18.8. The summed E-state index contributed by atoms with van der Waals surface area (Å²) < 4.78 is 16.5. The summed E-state index contributed by atoms with van der Waals surface area (Å²) in [5.41, 5.74) is 2.38. The van der Waals surface area contributed by atoms with Gasteiger partial charge in [0, 0.05) is 24.2 Å². The maximum absolute atomic E-state index is 12.2. The Kier molecular flexibility index (Phi) is 5.53. The summed E-state index contributed by atoms with van der Waals surface area (Å²) in [6, 6.07) is 13.9. The Bertz CT molecular complexity index is 1100. The number of carbonyl (C=O) groups excluding carboxylic acids is 1. The van der Waals surface area contributed by atoms with Crippen molar-refractivity contribution in [1.29, 1.82) is 0 Å². The molecule has 0 spiro atoms. The van der Waals surface area contributed by atoms with Crippen molar-refractivity contribution in [2.24, 2.45) is 0 Å². The Morgan fingerprint density at radius 2 is 1.94 bits per heavy atom. The molecule has 3 aromatic rings. The number of oxazole rings is 1. The van der Waals surface area contributed by atoms with Crippen LogP contribution < -0.4 is 14.8 Å². The summed E-state index contributed by atoms with van der Waals surface area (Å²) in [5.74, 6) is 1.78. The fourth-order valence-electron chi connectivity index (χ4n) is 3.50. The molecule has 0 unspecified atom stereocenters. The molecular formula is C23H22ClN3O4. The first kappa shape index (κ1) is 19.9. The molecule has 0 bridgehead atoms. The second-order valence-corrected chi connectivity index (χ2v) is 8.21. The van der Waals surface area contributed by atoms with Gasteiger partial charge >= 0.3 is 0 Å². The minimum absolute atomic E-state index is 0.189. The van der Waals surface area contributed by atoms with Crippen LogP contribution in [0, 0.1) is 0 Å². The van der Waals surface area contributed by atoms with Gasteiger partial charge in [0.05, 0.1) is 6.54 Å². The molecule has 31 heavy (non-hydrogen) atoms. The van der Waals surface area contributed by atoms with Gasteiger partial charge in [-0.1, -0.05) is 35.9 Å². The maximum atomic E-state index is 12.2. The fourth-order valence-corrected chi connectivity index (χ4v) is 3.69. The summed E-state index contributed by atoms with van der Waals surface area (Å²) in [6.07, 6.45) is 3.47. The van der Waals surface area contributed by atoms with Crippen LogP contribution in [-0.2, 0) is 19.6 Å². The highest BCUT2D eigenvalue weighted by atomic mass is 35.5. The van der Waals surface area contributed by atoms with E-state index < -0.39 is 0 Å². The number of benzene rings is 2. The predicted octanol–water partition coefficient (Wildman–Crippen LogP) is 4.15. The van der Waals surface area contributed by atoms with E-state index in [1.807, 2.05) is 42.5 Å². The zero-order chi connectivity index (χ0) is 21.2. The second kappa shape index (κ2) is 8.61. The van der Waals surface area contributed by atoms with Crippen molar-refractivity contribution >= 4 is 17.5 Å². The van der Waals surface area contributed by atoms with Crippen LogP contribution in [0.15, 0.2) is 53.1 Å². The summed E-state index contributed by atoms with van der Waals surface area (Å²) in [5, 5.41) is 3.63. The van der Waals surface area contributed by atoms with E-state index in [4.69, 9.17) is 25.5 Å². The van der Waals surface area contributed by atoms with Crippen LogP contribution in [0.2, 0.25) is 5.02 Å². The number of rotatable bonds is 8. The van der Waals surface area contributed by atoms with E-state index in [2.05, 4.69) is 15.2 Å². The first-order chi connectivity index (χ1) is 15.1. The monoisotopic (exact) mass is 439 g/mol. The van der Waals surface area contributed by atoms with Crippen molar-refractivity contribution < 1.29 is 18.7 Å². The highest BCUT2D eigenvalue weighted by Crippen LogP contribution is 2.33. The molecule has 0 saturated heterocycles. The lowest BCUT2D eigenvalue weighted by Crippen LogP contribution is -2.26. The molecule has 2 heterocycles. The number of halogens is 1. The van der Waals surface area contributed by atoms with Gasteiger partial charge in [0.25, 0.3) is 5.91 Å². The van der Waals surface area contributed by atoms with Crippen LogP contribution in [0.25, 0.3) is 0 Å². The van der Waals surface area contributed by atoms with E-state index in [1.165, 1.54) is 6.26 Å². The van der Waals surface area contributed by atoms with Gasteiger partial charge in [0.15, 0.2) is 17.2 Å². The predicted molar refractivity (Wildman–Crippen MR) is 114 cm³/mol. The summed E-state index contributed by atoms with van der Waals surface area (Å²) in [7, 11) is 0. The van der Waals surface area contributed by atoms with Crippen molar-refractivity contribution in [3.05, 3.63) is 76.5 Å². The molecule has 1 aliphatic carbocycles. The summed E-state index contributed by atoms with van der Waals surface area (Å²) >= 11 is 6.40. The minimum atomic E-state index is -0.189. The number of carbonyl (C=O) groups is 1. The molecule has 2 aliphatic rings. The Hall–Kier alpha value is -3.03. The minimum Gasteiger partial charge on any atom is -0.454 e. The molecule has 1 amide bonds. The molecule has 1 N–H and O–H groups in total. The average molecular weight is 440 g/mol. The van der Waals surface area contributed by atoms with Crippen molar-refractivity contribution in [3.63, 3.8) is 0 Å². The van der Waals surface area contributed by atoms with Gasteiger partial charge in [-0.15, -0.1) is 0 Å². The van der Waals surface area contributed by atoms with Gasteiger partial charge in [-0.05, 0) is 42.2 Å². The van der Waals surface area contributed by atoms with Gasteiger partial charge < -0.3 is 19.2 Å². The first-order valence-electron chi connectivity index (χ1n) is 10.2. The second-order valence-electron chi connectivity index (χ2n) is 7.80. The average Bonchev–Trinajstić information content (AvgIpc) is 3.24. The number of hydrogen-bond donors (Lipinski definition) is 1. The van der Waals surface area contributed by atoms with Crippen LogP contribution in [0.4, 0.5) is 0 Å². The molecule has 1 aliphatic heterocycles. The highest BCUT2D eigenvalue weighted by molar-refractivity contribution is 6.31. The zero-order valence-corrected chi connectivity index (χ0v) is 17.6. The van der Waals surface area contributed by atoms with Gasteiger partial charge in [-0.2, -0.15) is 0 Å². The number of hydrogen-bond acceptors (Lipinski definition) is 6. The fraction of sp³-hybridized carbons (Fsp3) is 0.304. The molecule has 2 aromatic carbocycles. The largest absolute Gasteiger partial charge is 0.454 e. The van der Waals surface area contributed by atoms with Gasteiger partial charge in [-0.3, -0.25) is 9.69 Å². The van der Waals surface area contributed by atoms with Gasteiger partial charge in [0.2, 0.25) is 12.7 Å². The lowest BCUT2D eigenvalue weighted by atomic mass is 10.1. The molecule has 0 radical (unpaired) electrons. The third-order valence-electron chi connectivity index (χ3n) is 5.25. The van der Waals surface area contributed by atoms with E-state index in [0.717, 1.165) is 35.5 Å². The Balaban J connectivity index is 1.34. The molecule has 1 aromatic heterocycles. The van der Waals surface area contributed by atoms with Crippen molar-refractivity contribution in [3.8, 4) is 11.5 Å². The van der Waals surface area contributed by atoms with Crippen molar-refractivity contribution in [2.75, 3.05) is 6.79 Å². The molecule has 1 fully saturated rings. The highest BCUT2D eigenvalue weighted by Gasteiger charge is 2.25. The van der Waals surface area contributed by atoms with E-state index >= 15 is 0 Å². The number of nitrogens with zero attached hydrogens (tertiary/aromatic N) is 2. The number of fused-ring (bicyclic) bond motifs is 1. The number of ether oxygens (including phenoxy) is 2. The molecule has 160 valence electrons. The normalized spacial score (nSPS) is 14.8. The lowest BCUT2D eigenvalue weighted by Gasteiger charge is -2.21. The smallest absolute Gasteiger partial charge is 0.273 e. The van der Waals surface area contributed by atoms with Crippen LogP contribution in [0.5, 0.6) is 11.5 Å². The van der Waals surface area contributed by atoms with Gasteiger partial charge in [0.1, 0.15) is 6.26 Å². The first-order valence-corrected chi connectivity index (χ1v) is 10.6. The zero-order valence-electron chi connectivity index (χ0n) is 16.8.